The van der Waals surface area contributed by atoms with Crippen molar-refractivity contribution in [1.29, 1.82) is 0 Å². The minimum Gasteiger partial charge on any atom is -0.316 e. The third-order valence-electron chi connectivity index (χ3n) is 4.53. The van der Waals surface area contributed by atoms with E-state index in [-0.39, 0.29) is 0 Å². The fraction of sp³-hybridized carbons (Fsp3) is 0.368. The van der Waals surface area contributed by atoms with Gasteiger partial charge < -0.3 is 5.32 Å². The zero-order valence-electron chi connectivity index (χ0n) is 12.4. The first-order valence-corrected chi connectivity index (χ1v) is 7.58. The average molecular weight is 265 g/mol. The molecule has 1 aliphatic rings. The van der Waals surface area contributed by atoms with Gasteiger partial charge in [-0.15, -0.1) is 0 Å². The predicted octanol–water partition coefficient (Wildman–Crippen LogP) is 4.16. The summed E-state index contributed by atoms with van der Waals surface area (Å²) in [5, 5.41) is 3.56. The van der Waals surface area contributed by atoms with E-state index in [0.717, 1.165) is 13.1 Å². The minimum absolute atomic E-state index is 0.589. The van der Waals surface area contributed by atoms with Crippen LogP contribution < -0.4 is 5.32 Å². The highest BCUT2D eigenvalue weighted by Gasteiger charge is 2.28. The summed E-state index contributed by atoms with van der Waals surface area (Å²) < 4.78 is 0. The number of benzene rings is 2. The third kappa shape index (κ3) is 2.64. The molecule has 0 aliphatic carbocycles. The second-order valence-electron chi connectivity index (χ2n) is 5.98. The highest BCUT2D eigenvalue weighted by atomic mass is 14.9. The Labute approximate surface area is 122 Å². The number of piperidine rings is 1. The van der Waals surface area contributed by atoms with E-state index in [1.165, 1.54) is 28.7 Å². The summed E-state index contributed by atoms with van der Waals surface area (Å²) in [7, 11) is 0. The Morgan fingerprint density at radius 1 is 0.950 bits per heavy atom. The van der Waals surface area contributed by atoms with Crippen LogP contribution in [0.15, 0.2) is 48.5 Å². The van der Waals surface area contributed by atoms with Gasteiger partial charge in [-0.1, -0.05) is 54.1 Å². The molecule has 0 saturated carbocycles. The van der Waals surface area contributed by atoms with Gasteiger partial charge in [0.05, 0.1) is 0 Å². The molecule has 1 saturated heterocycles. The van der Waals surface area contributed by atoms with E-state index in [0.29, 0.717) is 11.8 Å². The van der Waals surface area contributed by atoms with E-state index in [4.69, 9.17) is 0 Å². The van der Waals surface area contributed by atoms with Gasteiger partial charge in [0.15, 0.2) is 0 Å². The van der Waals surface area contributed by atoms with E-state index in [1.807, 2.05) is 0 Å². The molecule has 104 valence electrons. The molecule has 0 aromatic heterocycles. The average Bonchev–Trinajstić information content (AvgIpc) is 2.48. The molecule has 1 heteroatoms. The van der Waals surface area contributed by atoms with Crippen molar-refractivity contribution < 1.29 is 0 Å². The Morgan fingerprint density at radius 2 is 1.75 bits per heavy atom. The van der Waals surface area contributed by atoms with E-state index in [9.17, 15) is 0 Å². The highest BCUT2D eigenvalue weighted by Crippen LogP contribution is 2.38. The van der Waals surface area contributed by atoms with E-state index >= 15 is 0 Å². The van der Waals surface area contributed by atoms with Crippen LogP contribution in [-0.2, 0) is 0 Å². The molecule has 2 aromatic rings. The van der Waals surface area contributed by atoms with Gasteiger partial charge in [0.2, 0.25) is 0 Å². The fourth-order valence-electron chi connectivity index (χ4n) is 3.52. The lowest BCUT2D eigenvalue weighted by atomic mass is 9.76. The molecular weight excluding hydrogens is 242 g/mol. The normalized spacial score (nSPS) is 22.7. The largest absolute Gasteiger partial charge is 0.316 e. The van der Waals surface area contributed by atoms with Gasteiger partial charge in [-0.2, -0.15) is 0 Å². The van der Waals surface area contributed by atoms with Gasteiger partial charge >= 0.3 is 0 Å². The summed E-state index contributed by atoms with van der Waals surface area (Å²) in [6.07, 6.45) is 1.23. The van der Waals surface area contributed by atoms with E-state index < -0.39 is 0 Å². The van der Waals surface area contributed by atoms with Gasteiger partial charge in [0, 0.05) is 12.5 Å². The summed E-state index contributed by atoms with van der Waals surface area (Å²) in [4.78, 5) is 0. The maximum absolute atomic E-state index is 3.56. The third-order valence-corrected chi connectivity index (χ3v) is 4.53. The number of nitrogens with one attached hydrogen (secondary N) is 1. The van der Waals surface area contributed by atoms with Crippen LogP contribution in [0.4, 0.5) is 0 Å². The van der Waals surface area contributed by atoms with Crippen molar-refractivity contribution in [2.24, 2.45) is 0 Å². The lowest BCUT2D eigenvalue weighted by Crippen LogP contribution is -2.34. The summed E-state index contributed by atoms with van der Waals surface area (Å²) in [6, 6.07) is 17.9. The van der Waals surface area contributed by atoms with Gasteiger partial charge in [-0.05, 0) is 49.4 Å². The SMILES string of the molecule is Cc1ccc(C2CCNCC2c2ccccc2)c(C)c1. The smallest absolute Gasteiger partial charge is 0.00327 e. The summed E-state index contributed by atoms with van der Waals surface area (Å²) in [6.45, 7) is 6.64. The molecule has 0 bridgehead atoms. The monoisotopic (exact) mass is 265 g/mol. The zero-order valence-corrected chi connectivity index (χ0v) is 12.4. The molecule has 1 fully saturated rings. The lowest BCUT2D eigenvalue weighted by Gasteiger charge is -2.34. The fourth-order valence-corrected chi connectivity index (χ4v) is 3.52. The van der Waals surface area contributed by atoms with Crippen LogP contribution in [0.3, 0.4) is 0 Å². The molecular formula is C19H23N. The van der Waals surface area contributed by atoms with Crippen molar-refractivity contribution in [2.45, 2.75) is 32.1 Å². The standard InChI is InChI=1S/C19H23N/c1-14-8-9-17(15(2)12-14)18-10-11-20-13-19(18)16-6-4-3-5-7-16/h3-9,12,18-20H,10-11,13H2,1-2H3. The summed E-state index contributed by atoms with van der Waals surface area (Å²) >= 11 is 0. The van der Waals surface area contributed by atoms with E-state index in [1.54, 1.807) is 0 Å². The number of rotatable bonds is 2. The number of aryl methyl sites for hydroxylation is 2. The van der Waals surface area contributed by atoms with Crippen LogP contribution >= 0.6 is 0 Å². The molecule has 3 rings (SSSR count). The van der Waals surface area contributed by atoms with Crippen LogP contribution in [0, 0.1) is 13.8 Å². The quantitative estimate of drug-likeness (QED) is 0.859. The van der Waals surface area contributed by atoms with Gasteiger partial charge in [-0.3, -0.25) is 0 Å². The molecule has 2 aromatic carbocycles. The van der Waals surface area contributed by atoms with Crippen molar-refractivity contribution in [1.82, 2.24) is 5.32 Å². The Kier molecular flexibility index (Phi) is 3.88. The Balaban J connectivity index is 1.97. The first kappa shape index (κ1) is 13.4. The molecule has 2 atom stereocenters. The summed E-state index contributed by atoms with van der Waals surface area (Å²) in [5.74, 6) is 1.23. The molecule has 2 unspecified atom stereocenters. The first-order chi connectivity index (χ1) is 9.75. The van der Waals surface area contributed by atoms with Gasteiger partial charge in [0.1, 0.15) is 0 Å². The Morgan fingerprint density at radius 3 is 2.50 bits per heavy atom. The topological polar surface area (TPSA) is 12.0 Å². The highest BCUT2D eigenvalue weighted by molar-refractivity contribution is 5.37. The van der Waals surface area contributed by atoms with Crippen molar-refractivity contribution in [3.8, 4) is 0 Å². The maximum Gasteiger partial charge on any atom is 0.00327 e. The Bertz CT molecular complexity index is 574. The summed E-state index contributed by atoms with van der Waals surface area (Å²) in [5.41, 5.74) is 5.80. The van der Waals surface area contributed by atoms with Crippen molar-refractivity contribution in [3.63, 3.8) is 0 Å². The van der Waals surface area contributed by atoms with E-state index in [2.05, 4.69) is 67.7 Å². The molecule has 1 nitrogen and oxygen atoms in total. The van der Waals surface area contributed by atoms with Crippen LogP contribution in [0.5, 0.6) is 0 Å². The van der Waals surface area contributed by atoms with Crippen LogP contribution in [0.2, 0.25) is 0 Å². The molecule has 1 heterocycles. The number of hydrogen-bond donors (Lipinski definition) is 1. The van der Waals surface area contributed by atoms with Crippen LogP contribution in [0.25, 0.3) is 0 Å². The van der Waals surface area contributed by atoms with Crippen molar-refractivity contribution in [3.05, 3.63) is 70.8 Å². The molecule has 20 heavy (non-hydrogen) atoms. The first-order valence-electron chi connectivity index (χ1n) is 7.58. The molecule has 1 N–H and O–H groups in total. The van der Waals surface area contributed by atoms with Gasteiger partial charge in [0.25, 0.3) is 0 Å². The lowest BCUT2D eigenvalue weighted by molar-refractivity contribution is 0.403. The van der Waals surface area contributed by atoms with Gasteiger partial charge in [-0.25, -0.2) is 0 Å². The zero-order chi connectivity index (χ0) is 13.9. The predicted molar refractivity (Wildman–Crippen MR) is 85.3 cm³/mol. The number of hydrogen-bond acceptors (Lipinski definition) is 1. The van der Waals surface area contributed by atoms with Crippen LogP contribution in [-0.4, -0.2) is 13.1 Å². The van der Waals surface area contributed by atoms with Crippen molar-refractivity contribution in [2.75, 3.05) is 13.1 Å². The van der Waals surface area contributed by atoms with Crippen LogP contribution in [0.1, 0.15) is 40.5 Å². The minimum atomic E-state index is 0.589. The second kappa shape index (κ2) is 5.80. The molecule has 0 spiro atoms. The Hall–Kier alpha value is -1.60. The molecule has 1 aliphatic heterocycles. The van der Waals surface area contributed by atoms with Crippen molar-refractivity contribution >= 4 is 0 Å². The maximum atomic E-state index is 3.56. The second-order valence-corrected chi connectivity index (χ2v) is 5.98. The molecule has 0 radical (unpaired) electrons. The molecule has 0 amide bonds.